The van der Waals surface area contributed by atoms with E-state index in [0.29, 0.717) is 0 Å². The third-order valence-electron chi connectivity index (χ3n) is 0.639. The van der Waals surface area contributed by atoms with Crippen LogP contribution in [0.25, 0.3) is 0 Å². The maximum absolute atomic E-state index is 10.6. The minimum absolute atomic E-state index is 1.55. The minimum atomic E-state index is -3.77. The molecule has 1 atom stereocenters. The van der Waals surface area contributed by atoms with Crippen LogP contribution in [0, 0.1) is 0 Å². The number of rotatable bonds is 4. The third-order valence-corrected chi connectivity index (χ3v) is 0.639. The van der Waals surface area contributed by atoms with Gasteiger partial charge in [-0.1, -0.05) is 0 Å². The molecule has 0 saturated carbocycles. The van der Waals surface area contributed by atoms with Crippen LogP contribution in [-0.2, 0) is 4.79 Å². The largest absolute Gasteiger partial charge is 0.481 e. The molecule has 0 radical (unpaired) electrons. The summed E-state index contributed by atoms with van der Waals surface area (Å²) in [7, 11) is -1.55. The number of aliphatic carboxylic acids is 1. The first-order valence-electron chi connectivity index (χ1n) is 7.80. The molecule has 11 heavy (non-hydrogen) atoms. The highest BCUT2D eigenvalue weighted by Crippen LogP contribution is 1.98. The van der Waals surface area contributed by atoms with E-state index in [0.717, 1.165) is 0 Å². The van der Waals surface area contributed by atoms with Crippen molar-refractivity contribution in [2.45, 2.75) is 12.5 Å². The molecule has 0 aromatic rings. The Balaban J connectivity index is 6.37. The Morgan fingerprint density at radius 1 is 1.91 bits per heavy atom. The Bertz CT molecular complexity index is 386. The van der Waals surface area contributed by atoms with Crippen LogP contribution in [0.1, 0.15) is 20.1 Å². The third kappa shape index (κ3) is 7.29. The maximum Gasteiger partial charge on any atom is 0.306 e. The number of likely N-dealkylation sites (N-methyl/N-ethyl adjacent to an activating group) is 1. The van der Waals surface area contributed by atoms with E-state index in [1.807, 2.05) is 0 Å². The second-order valence-corrected chi connectivity index (χ2v) is 1.94. The molecule has 0 rings (SSSR count). The smallest absolute Gasteiger partial charge is 0.306 e. The molecular weight excluding hydrogens is 146 g/mol. The molecule has 0 aromatic carbocycles. The van der Waals surface area contributed by atoms with Gasteiger partial charge in [-0.05, 0) is 0 Å². The maximum atomic E-state index is 10.6. The topological polar surface area (TPSA) is 57.5 Å². The van der Waals surface area contributed by atoms with E-state index in [2.05, 4.69) is 0 Å². The lowest BCUT2D eigenvalue weighted by atomic mass is 10.2. The fourth-order valence-electron chi connectivity index (χ4n) is 0.403. The van der Waals surface area contributed by atoms with Gasteiger partial charge >= 0.3 is 5.97 Å². The molecule has 0 fully saturated rings. The van der Waals surface area contributed by atoms with Crippen molar-refractivity contribution < 1.29 is 33.2 Å². The Morgan fingerprint density at radius 2 is 2.55 bits per heavy atom. The summed E-state index contributed by atoms with van der Waals surface area (Å²) in [6, 6.07) is 0. The van der Waals surface area contributed by atoms with Crippen LogP contribution in [0.15, 0.2) is 0 Å². The highest BCUT2D eigenvalue weighted by atomic mass is 16.4. The van der Waals surface area contributed by atoms with E-state index in [9.17, 15) is 9.90 Å². The van der Waals surface area contributed by atoms with Crippen molar-refractivity contribution in [2.75, 3.05) is 27.5 Å². The lowest BCUT2D eigenvalue weighted by Gasteiger charge is -2.25. The van der Waals surface area contributed by atoms with Crippen LogP contribution in [0.5, 0.6) is 0 Å². The molecule has 4 heteroatoms. The normalized spacial score (nSPS) is 34.3. The highest BCUT2D eigenvalue weighted by Gasteiger charge is 2.17. The molecular formula is C7H16NO3+. The van der Waals surface area contributed by atoms with E-state index in [-0.39, 0.29) is 0 Å². The quantitative estimate of drug-likeness (QED) is 0.564. The van der Waals surface area contributed by atoms with Crippen molar-refractivity contribution in [1.29, 1.82) is 0 Å². The molecule has 0 aliphatic carbocycles. The van der Waals surface area contributed by atoms with Gasteiger partial charge in [-0.2, -0.15) is 0 Å². The van der Waals surface area contributed by atoms with E-state index in [1.165, 1.54) is 0 Å². The van der Waals surface area contributed by atoms with Crippen molar-refractivity contribution in [1.82, 2.24) is 0 Å². The molecule has 4 nitrogen and oxygen atoms in total. The summed E-state index contributed by atoms with van der Waals surface area (Å²) in [5.74, 6) is -1.82. The Hall–Kier alpha value is -0.610. The lowest BCUT2D eigenvalue weighted by molar-refractivity contribution is -0.873. The van der Waals surface area contributed by atoms with E-state index in [4.69, 9.17) is 18.8 Å². The summed E-state index contributed by atoms with van der Waals surface area (Å²) < 4.78 is 70.8. The second-order valence-electron chi connectivity index (χ2n) is 1.94. The summed E-state index contributed by atoms with van der Waals surface area (Å²) in [5.41, 5.74) is 0. The van der Waals surface area contributed by atoms with Gasteiger partial charge in [0.05, 0.1) is 41.1 Å². The molecule has 0 spiro atoms. The van der Waals surface area contributed by atoms with Gasteiger partial charge in [0.15, 0.2) is 0 Å². The fraction of sp³-hybridized carbons (Fsp3) is 0.857. The molecule has 0 aliphatic rings. The van der Waals surface area contributed by atoms with Gasteiger partial charge in [0.1, 0.15) is 12.6 Å². The number of carbonyl (C=O) groups is 1. The Morgan fingerprint density at radius 3 is 2.91 bits per heavy atom. The summed E-state index contributed by atoms with van der Waals surface area (Å²) in [4.78, 5) is 10.6. The molecule has 2 N–H and O–H groups in total. The number of nitrogens with zero attached hydrogens (tertiary/aromatic N) is 1. The molecule has 0 amide bonds. The predicted molar refractivity (Wildman–Crippen MR) is 41.2 cm³/mol. The highest BCUT2D eigenvalue weighted by molar-refractivity contribution is 5.67. The first kappa shape index (κ1) is 2.44. The van der Waals surface area contributed by atoms with Crippen LogP contribution in [0.2, 0.25) is 0 Å². The monoisotopic (exact) mass is 172 g/mol. The number of aliphatic hydroxyl groups is 1. The minimum Gasteiger partial charge on any atom is -0.481 e. The number of carboxylic acids is 1. The average Bonchev–Trinajstić information content (AvgIpc) is 2.10. The van der Waals surface area contributed by atoms with Crippen molar-refractivity contribution in [3.8, 4) is 0 Å². The van der Waals surface area contributed by atoms with Gasteiger partial charge in [-0.3, -0.25) is 4.79 Å². The van der Waals surface area contributed by atoms with Crippen molar-refractivity contribution in [3.05, 3.63) is 0 Å². The molecule has 0 aliphatic heterocycles. The molecule has 66 valence electrons. The molecule has 0 bridgehead atoms. The predicted octanol–water partition coefficient (Wildman–Crippen LogP) is -0.472. The number of hydrogen-bond donors (Lipinski definition) is 2. The number of quaternary nitrogens is 1. The summed E-state index contributed by atoms with van der Waals surface area (Å²) in [5, 5.41) is 18.3. The van der Waals surface area contributed by atoms with Crippen LogP contribution >= 0.6 is 0 Å². The first-order valence-corrected chi connectivity index (χ1v) is 2.60. The zero-order chi connectivity index (χ0) is 17.5. The summed E-state index contributed by atoms with van der Waals surface area (Å²) >= 11 is 0. The van der Waals surface area contributed by atoms with E-state index >= 15 is 0 Å². The molecule has 0 saturated heterocycles. The van der Waals surface area contributed by atoms with Crippen molar-refractivity contribution in [3.63, 3.8) is 0 Å². The fourth-order valence-corrected chi connectivity index (χ4v) is 0.403. The van der Waals surface area contributed by atoms with Gasteiger partial charge in [-0.25, -0.2) is 0 Å². The summed E-state index contributed by atoms with van der Waals surface area (Å²) in [6.07, 6.45) is -5.12. The first-order chi connectivity index (χ1) is 8.98. The van der Waals surface area contributed by atoms with Crippen molar-refractivity contribution in [2.24, 2.45) is 0 Å². The van der Waals surface area contributed by atoms with Crippen molar-refractivity contribution >= 4 is 5.97 Å². The number of hydrogen-bond acceptors (Lipinski definition) is 2. The Kier molecular flexibility index (Phi) is 0.817. The average molecular weight is 172 g/mol. The zero-order valence-corrected chi connectivity index (χ0v) is 5.66. The Labute approximate surface area is 80.7 Å². The van der Waals surface area contributed by atoms with Gasteiger partial charge in [-0.15, -0.1) is 0 Å². The van der Waals surface area contributed by atoms with E-state index in [1.54, 1.807) is 0 Å². The SMILES string of the molecule is [2H]C[N+](C([2H])([2H])[2H])(C([2H])([2H])[2H])C([2H])([2H])C([2H])(O)CC(=O)O. The molecule has 1 unspecified atom stereocenters. The van der Waals surface area contributed by atoms with E-state index < -0.39 is 50.4 Å². The molecule has 0 heterocycles. The van der Waals surface area contributed by atoms with Crippen LogP contribution in [0.4, 0.5) is 0 Å². The van der Waals surface area contributed by atoms with Crippen LogP contribution < -0.4 is 0 Å². The zero-order valence-electron chi connectivity index (χ0n) is 15.7. The van der Waals surface area contributed by atoms with Gasteiger partial charge in [0.25, 0.3) is 0 Å². The summed E-state index contributed by atoms with van der Waals surface area (Å²) in [6.45, 7) is -11.0. The molecule has 0 aromatic heterocycles. The van der Waals surface area contributed by atoms with Gasteiger partial charge in [0.2, 0.25) is 0 Å². The second kappa shape index (κ2) is 3.69. The van der Waals surface area contributed by atoms with Crippen LogP contribution in [0.3, 0.4) is 0 Å². The van der Waals surface area contributed by atoms with Crippen LogP contribution in [-0.4, -0.2) is 54.2 Å². The van der Waals surface area contributed by atoms with Gasteiger partial charge in [0, 0.05) is 0 Å². The number of carboxylic acid groups (broad SMARTS) is 1. The van der Waals surface area contributed by atoms with Gasteiger partial charge < -0.3 is 14.7 Å². The standard InChI is InChI=1S/C7H15NO3/c1-8(2,3)5-6(9)4-7(10)11/h6,9H,4-5H2,1-3H3/p+1/i1D,2D3,3D3,5D2,6D. The lowest BCUT2D eigenvalue weighted by Crippen LogP contribution is -2.42.